The van der Waals surface area contributed by atoms with Crippen LogP contribution in [0.5, 0.6) is 5.75 Å². The molecule has 0 saturated carbocycles. The highest BCUT2D eigenvalue weighted by Gasteiger charge is 2.22. The maximum atomic E-state index is 12.1. The summed E-state index contributed by atoms with van der Waals surface area (Å²) in [7, 11) is -1.90. The van der Waals surface area contributed by atoms with Crippen molar-refractivity contribution in [1.82, 2.24) is 5.32 Å². The zero-order valence-electron chi connectivity index (χ0n) is 10.6. The fourth-order valence-corrected chi connectivity index (χ4v) is 3.70. The Bertz CT molecular complexity index is 542. The summed E-state index contributed by atoms with van der Waals surface area (Å²) in [5.41, 5.74) is 0.346. The zero-order chi connectivity index (χ0) is 13.9. The number of ether oxygens (including phenoxy) is 1. The average Bonchev–Trinajstić information content (AvgIpc) is 2.83. The minimum absolute atomic E-state index is 0.0156. The molecule has 1 aliphatic heterocycles. The number of benzene rings is 1. The van der Waals surface area contributed by atoms with Crippen LogP contribution < -0.4 is 14.8 Å². The number of rotatable bonds is 5. The summed E-state index contributed by atoms with van der Waals surface area (Å²) < 4.78 is 31.7. The van der Waals surface area contributed by atoms with Gasteiger partial charge < -0.3 is 10.1 Å². The van der Waals surface area contributed by atoms with Gasteiger partial charge in [0, 0.05) is 12.1 Å². The summed E-state index contributed by atoms with van der Waals surface area (Å²) in [5.74, 6) is 0.613. The lowest BCUT2D eigenvalue weighted by Crippen LogP contribution is -2.32. The second-order valence-electron chi connectivity index (χ2n) is 4.52. The van der Waals surface area contributed by atoms with Crippen molar-refractivity contribution in [2.45, 2.75) is 18.9 Å². The van der Waals surface area contributed by atoms with Crippen molar-refractivity contribution in [1.29, 1.82) is 0 Å². The van der Waals surface area contributed by atoms with Crippen molar-refractivity contribution in [3.63, 3.8) is 0 Å². The third kappa shape index (κ3) is 3.99. The third-order valence-corrected chi connectivity index (χ3v) is 4.72. The van der Waals surface area contributed by atoms with Gasteiger partial charge in [-0.1, -0.05) is 11.6 Å². The highest BCUT2D eigenvalue weighted by atomic mass is 35.5. The van der Waals surface area contributed by atoms with Crippen molar-refractivity contribution in [2.75, 3.05) is 24.1 Å². The topological polar surface area (TPSA) is 67.4 Å². The van der Waals surface area contributed by atoms with Crippen molar-refractivity contribution in [3.05, 3.63) is 23.2 Å². The van der Waals surface area contributed by atoms with Gasteiger partial charge in [0.1, 0.15) is 5.75 Å². The van der Waals surface area contributed by atoms with E-state index in [0.717, 1.165) is 19.4 Å². The largest absolute Gasteiger partial charge is 0.497 e. The van der Waals surface area contributed by atoms with Gasteiger partial charge in [-0.2, -0.15) is 0 Å². The Morgan fingerprint density at radius 2 is 2.32 bits per heavy atom. The Hall–Kier alpha value is -0.980. The van der Waals surface area contributed by atoms with E-state index in [1.807, 2.05) is 0 Å². The van der Waals surface area contributed by atoms with Crippen LogP contribution in [0, 0.1) is 0 Å². The van der Waals surface area contributed by atoms with E-state index in [1.165, 1.54) is 7.11 Å². The number of sulfonamides is 1. The van der Waals surface area contributed by atoms with E-state index in [9.17, 15) is 8.42 Å². The molecule has 2 N–H and O–H groups in total. The summed E-state index contributed by atoms with van der Waals surface area (Å²) in [5, 5.41) is 3.51. The van der Waals surface area contributed by atoms with Crippen LogP contribution in [-0.4, -0.2) is 33.9 Å². The van der Waals surface area contributed by atoms with Gasteiger partial charge in [0.25, 0.3) is 0 Å². The van der Waals surface area contributed by atoms with E-state index in [-0.39, 0.29) is 11.8 Å². The molecule has 0 spiro atoms. The molecule has 1 atom stereocenters. The van der Waals surface area contributed by atoms with Crippen LogP contribution in [0.2, 0.25) is 5.02 Å². The molecule has 106 valence electrons. The molecule has 1 aliphatic rings. The maximum absolute atomic E-state index is 12.1. The first kappa shape index (κ1) is 14.4. The number of nitrogens with one attached hydrogen (secondary N) is 2. The van der Waals surface area contributed by atoms with Crippen LogP contribution in [0.1, 0.15) is 12.8 Å². The molecule has 19 heavy (non-hydrogen) atoms. The van der Waals surface area contributed by atoms with Gasteiger partial charge in [0.05, 0.1) is 23.6 Å². The van der Waals surface area contributed by atoms with Gasteiger partial charge in [0.2, 0.25) is 10.0 Å². The molecule has 1 unspecified atom stereocenters. The summed E-state index contributed by atoms with van der Waals surface area (Å²) >= 11 is 5.98. The molecule has 0 amide bonds. The SMILES string of the molecule is COc1ccc(Cl)c(NS(=O)(=O)CC2CCCN2)c1. The minimum atomic E-state index is -3.42. The quantitative estimate of drug-likeness (QED) is 0.871. The first-order valence-electron chi connectivity index (χ1n) is 6.07. The lowest BCUT2D eigenvalue weighted by molar-refractivity contribution is 0.415. The lowest BCUT2D eigenvalue weighted by Gasteiger charge is -2.14. The van der Waals surface area contributed by atoms with Gasteiger partial charge in [0.15, 0.2) is 0 Å². The summed E-state index contributed by atoms with van der Waals surface area (Å²) in [6.07, 6.45) is 1.90. The lowest BCUT2D eigenvalue weighted by atomic mass is 10.3. The van der Waals surface area contributed by atoms with Crippen molar-refractivity contribution >= 4 is 27.3 Å². The molecule has 1 saturated heterocycles. The fourth-order valence-electron chi connectivity index (χ4n) is 2.08. The van der Waals surface area contributed by atoms with E-state index in [1.54, 1.807) is 18.2 Å². The Morgan fingerprint density at radius 3 is 2.95 bits per heavy atom. The average molecular weight is 305 g/mol. The molecular formula is C12H17ClN2O3S. The monoisotopic (exact) mass is 304 g/mol. The Kier molecular flexibility index (Phi) is 4.54. The first-order chi connectivity index (χ1) is 9.00. The molecule has 0 aliphatic carbocycles. The van der Waals surface area contributed by atoms with Crippen LogP contribution in [0.25, 0.3) is 0 Å². The molecule has 1 heterocycles. The highest BCUT2D eigenvalue weighted by molar-refractivity contribution is 7.92. The molecule has 1 fully saturated rings. The van der Waals surface area contributed by atoms with Crippen molar-refractivity contribution in [3.8, 4) is 5.75 Å². The molecule has 1 aromatic rings. The van der Waals surface area contributed by atoms with Crippen LogP contribution in [0.15, 0.2) is 18.2 Å². The van der Waals surface area contributed by atoms with Crippen molar-refractivity contribution < 1.29 is 13.2 Å². The van der Waals surface area contributed by atoms with Crippen molar-refractivity contribution in [2.24, 2.45) is 0 Å². The Balaban J connectivity index is 2.10. The predicted molar refractivity (Wildman–Crippen MR) is 76.4 cm³/mol. The third-order valence-electron chi connectivity index (χ3n) is 3.02. The van der Waals surface area contributed by atoms with Gasteiger partial charge in [-0.3, -0.25) is 4.72 Å². The van der Waals surface area contributed by atoms with Gasteiger partial charge in [-0.05, 0) is 31.5 Å². The van der Waals surface area contributed by atoms with E-state index < -0.39 is 10.0 Å². The molecular weight excluding hydrogens is 288 g/mol. The second-order valence-corrected chi connectivity index (χ2v) is 6.70. The van der Waals surface area contributed by atoms with Crippen LogP contribution in [0.4, 0.5) is 5.69 Å². The number of anilines is 1. The smallest absolute Gasteiger partial charge is 0.234 e. The van der Waals surface area contributed by atoms with E-state index >= 15 is 0 Å². The molecule has 5 nitrogen and oxygen atoms in total. The zero-order valence-corrected chi connectivity index (χ0v) is 12.2. The van der Waals surface area contributed by atoms with E-state index in [2.05, 4.69) is 10.0 Å². The van der Waals surface area contributed by atoms with Gasteiger partial charge in [-0.25, -0.2) is 8.42 Å². The molecule has 0 aromatic heterocycles. The molecule has 0 radical (unpaired) electrons. The molecule has 0 bridgehead atoms. The van der Waals surface area contributed by atoms with E-state index in [0.29, 0.717) is 16.5 Å². The number of methoxy groups -OCH3 is 1. The van der Waals surface area contributed by atoms with Gasteiger partial charge >= 0.3 is 0 Å². The standard InChI is InChI=1S/C12H17ClN2O3S/c1-18-10-4-5-11(13)12(7-10)15-19(16,17)8-9-3-2-6-14-9/h4-5,7,9,14-15H,2-3,6,8H2,1H3. The number of halogens is 1. The summed E-state index contributed by atoms with van der Waals surface area (Å²) in [4.78, 5) is 0. The molecule has 1 aromatic carbocycles. The van der Waals surface area contributed by atoms with Crippen LogP contribution in [-0.2, 0) is 10.0 Å². The summed E-state index contributed by atoms with van der Waals surface area (Å²) in [6.45, 7) is 0.875. The minimum Gasteiger partial charge on any atom is -0.497 e. The predicted octanol–water partition coefficient (Wildman–Crippen LogP) is 1.84. The maximum Gasteiger partial charge on any atom is 0.234 e. The first-order valence-corrected chi connectivity index (χ1v) is 8.10. The van der Waals surface area contributed by atoms with Gasteiger partial charge in [-0.15, -0.1) is 0 Å². The normalized spacial score (nSPS) is 19.4. The Morgan fingerprint density at radius 1 is 1.53 bits per heavy atom. The number of hydrogen-bond acceptors (Lipinski definition) is 4. The summed E-state index contributed by atoms with van der Waals surface area (Å²) in [6, 6.07) is 4.87. The van der Waals surface area contributed by atoms with Crippen LogP contribution in [0.3, 0.4) is 0 Å². The molecule has 7 heteroatoms. The highest BCUT2D eigenvalue weighted by Crippen LogP contribution is 2.27. The van der Waals surface area contributed by atoms with E-state index in [4.69, 9.17) is 16.3 Å². The van der Waals surface area contributed by atoms with Crippen LogP contribution >= 0.6 is 11.6 Å². The molecule has 2 rings (SSSR count). The second kappa shape index (κ2) is 5.98. The number of hydrogen-bond donors (Lipinski definition) is 2. The Labute approximate surface area is 118 Å². The fraction of sp³-hybridized carbons (Fsp3) is 0.500.